The second-order valence-electron chi connectivity index (χ2n) is 4.08. The summed E-state index contributed by atoms with van der Waals surface area (Å²) in [7, 11) is 0. The number of hydrogen-bond donors (Lipinski definition) is 2. The highest BCUT2D eigenvalue weighted by Gasteiger charge is 2.13. The fourth-order valence-electron chi connectivity index (χ4n) is 1.89. The van der Waals surface area contributed by atoms with Crippen molar-refractivity contribution < 1.29 is 4.79 Å². The van der Waals surface area contributed by atoms with Gasteiger partial charge in [-0.15, -0.1) is 0 Å². The molecule has 0 saturated heterocycles. The summed E-state index contributed by atoms with van der Waals surface area (Å²) in [6.07, 6.45) is 0. The van der Waals surface area contributed by atoms with Crippen LogP contribution in [0.4, 0.5) is 5.69 Å². The fraction of sp³-hybridized carbons (Fsp3) is 0. The summed E-state index contributed by atoms with van der Waals surface area (Å²) in [5.41, 5.74) is 1.85. The van der Waals surface area contributed by atoms with Gasteiger partial charge < -0.3 is 5.32 Å². The van der Waals surface area contributed by atoms with Crippen LogP contribution in [0.2, 0.25) is 5.02 Å². The van der Waals surface area contributed by atoms with Gasteiger partial charge in [-0.1, -0.05) is 35.9 Å². The lowest BCUT2D eigenvalue weighted by Crippen LogP contribution is -2.12. The smallest absolute Gasteiger partial charge is 0.276 e. The van der Waals surface area contributed by atoms with E-state index >= 15 is 0 Å². The van der Waals surface area contributed by atoms with Crippen molar-refractivity contribution in [3.63, 3.8) is 0 Å². The molecule has 0 aliphatic carbocycles. The predicted octanol–water partition coefficient (Wildman–Crippen LogP) is 3.47. The number of carbonyl (C=O) groups excluding carboxylic acids is 1. The van der Waals surface area contributed by atoms with E-state index in [0.717, 1.165) is 10.9 Å². The zero-order chi connectivity index (χ0) is 13.2. The molecule has 4 nitrogen and oxygen atoms in total. The molecule has 1 aromatic heterocycles. The third kappa shape index (κ3) is 2.30. The van der Waals surface area contributed by atoms with Gasteiger partial charge in [-0.25, -0.2) is 0 Å². The van der Waals surface area contributed by atoms with Gasteiger partial charge in [0.05, 0.1) is 5.52 Å². The van der Waals surface area contributed by atoms with Crippen LogP contribution in [0.15, 0.2) is 48.5 Å². The molecule has 0 aliphatic heterocycles. The molecule has 1 amide bonds. The number of nitrogens with one attached hydrogen (secondary N) is 2. The standard InChI is InChI=1S/C14H10ClN3O/c15-9-4-3-5-10(8-9)16-14(19)13-11-6-1-2-7-12(11)17-18-13/h1-8H,(H,16,19)(H,17,18). The van der Waals surface area contributed by atoms with Crippen molar-refractivity contribution in [2.75, 3.05) is 5.32 Å². The van der Waals surface area contributed by atoms with Crippen molar-refractivity contribution in [1.82, 2.24) is 10.2 Å². The molecule has 0 spiro atoms. The zero-order valence-corrected chi connectivity index (χ0v) is 10.6. The number of H-pyrrole nitrogens is 1. The number of carbonyl (C=O) groups is 1. The molecule has 94 valence electrons. The van der Waals surface area contributed by atoms with E-state index in [-0.39, 0.29) is 5.91 Å². The van der Waals surface area contributed by atoms with Crippen molar-refractivity contribution >= 4 is 34.1 Å². The van der Waals surface area contributed by atoms with Gasteiger partial charge in [-0.2, -0.15) is 5.10 Å². The van der Waals surface area contributed by atoms with Gasteiger partial charge in [0.1, 0.15) is 0 Å². The van der Waals surface area contributed by atoms with Crippen molar-refractivity contribution in [2.24, 2.45) is 0 Å². The molecule has 0 radical (unpaired) electrons. The first kappa shape index (κ1) is 11.7. The van der Waals surface area contributed by atoms with Crippen LogP contribution < -0.4 is 5.32 Å². The van der Waals surface area contributed by atoms with E-state index in [0.29, 0.717) is 16.4 Å². The van der Waals surface area contributed by atoms with Gasteiger partial charge in [0.15, 0.2) is 5.69 Å². The summed E-state index contributed by atoms with van der Waals surface area (Å²) < 4.78 is 0. The van der Waals surface area contributed by atoms with E-state index < -0.39 is 0 Å². The Morgan fingerprint density at radius 2 is 2.00 bits per heavy atom. The van der Waals surface area contributed by atoms with E-state index in [1.807, 2.05) is 24.3 Å². The van der Waals surface area contributed by atoms with Crippen LogP contribution in [-0.4, -0.2) is 16.1 Å². The van der Waals surface area contributed by atoms with Crippen LogP contribution in [0.25, 0.3) is 10.9 Å². The molecule has 0 atom stereocenters. The third-order valence-corrected chi connectivity index (χ3v) is 3.00. The molecular formula is C14H10ClN3O. The highest BCUT2D eigenvalue weighted by Crippen LogP contribution is 2.18. The van der Waals surface area contributed by atoms with Gasteiger partial charge in [-0.3, -0.25) is 9.89 Å². The highest BCUT2D eigenvalue weighted by atomic mass is 35.5. The minimum Gasteiger partial charge on any atom is -0.321 e. The lowest BCUT2D eigenvalue weighted by atomic mass is 10.2. The SMILES string of the molecule is O=C(Nc1cccc(Cl)c1)c1n[nH]c2ccccc12. The first-order valence-electron chi connectivity index (χ1n) is 5.74. The molecule has 3 aromatic rings. The Bertz CT molecular complexity index is 751. The van der Waals surface area contributed by atoms with E-state index in [1.54, 1.807) is 24.3 Å². The summed E-state index contributed by atoms with van der Waals surface area (Å²) in [5.74, 6) is -0.264. The maximum Gasteiger partial charge on any atom is 0.276 e. The predicted molar refractivity (Wildman–Crippen MR) is 75.5 cm³/mol. The first-order valence-corrected chi connectivity index (χ1v) is 6.12. The normalized spacial score (nSPS) is 10.6. The minimum atomic E-state index is -0.264. The van der Waals surface area contributed by atoms with Crippen molar-refractivity contribution in [2.45, 2.75) is 0 Å². The van der Waals surface area contributed by atoms with Crippen LogP contribution in [0.3, 0.4) is 0 Å². The van der Waals surface area contributed by atoms with Crippen molar-refractivity contribution in [3.8, 4) is 0 Å². The van der Waals surface area contributed by atoms with Gasteiger partial charge in [0.25, 0.3) is 5.91 Å². The number of nitrogens with zero attached hydrogens (tertiary/aromatic N) is 1. The Morgan fingerprint density at radius 1 is 1.16 bits per heavy atom. The maximum atomic E-state index is 12.2. The molecule has 2 N–H and O–H groups in total. The van der Waals surface area contributed by atoms with Crippen LogP contribution in [0, 0.1) is 0 Å². The largest absolute Gasteiger partial charge is 0.321 e. The minimum absolute atomic E-state index is 0.264. The second kappa shape index (κ2) is 4.74. The molecule has 0 aliphatic rings. The summed E-state index contributed by atoms with van der Waals surface area (Å²) in [6.45, 7) is 0. The third-order valence-electron chi connectivity index (χ3n) is 2.77. The topological polar surface area (TPSA) is 57.8 Å². The number of para-hydroxylation sites is 1. The fourth-order valence-corrected chi connectivity index (χ4v) is 2.08. The number of halogens is 1. The molecule has 3 rings (SSSR count). The first-order chi connectivity index (χ1) is 9.24. The molecule has 5 heteroatoms. The van der Waals surface area contributed by atoms with Gasteiger partial charge >= 0.3 is 0 Å². The highest BCUT2D eigenvalue weighted by molar-refractivity contribution is 6.31. The molecule has 0 bridgehead atoms. The number of amides is 1. The average molecular weight is 272 g/mol. The Balaban J connectivity index is 1.92. The Hall–Kier alpha value is -2.33. The molecule has 0 fully saturated rings. The zero-order valence-electron chi connectivity index (χ0n) is 9.85. The Morgan fingerprint density at radius 3 is 2.84 bits per heavy atom. The van der Waals surface area contributed by atoms with Crippen LogP contribution in [0.5, 0.6) is 0 Å². The van der Waals surface area contributed by atoms with Crippen molar-refractivity contribution in [3.05, 3.63) is 59.2 Å². The number of aromatic nitrogens is 2. The number of fused-ring (bicyclic) bond motifs is 1. The van der Waals surface area contributed by atoms with Crippen LogP contribution in [-0.2, 0) is 0 Å². The summed E-state index contributed by atoms with van der Waals surface area (Å²) >= 11 is 5.88. The van der Waals surface area contributed by atoms with Gasteiger partial charge in [-0.05, 0) is 24.3 Å². The van der Waals surface area contributed by atoms with Crippen molar-refractivity contribution in [1.29, 1.82) is 0 Å². The number of anilines is 1. The number of rotatable bonds is 2. The number of hydrogen-bond acceptors (Lipinski definition) is 2. The molecule has 19 heavy (non-hydrogen) atoms. The van der Waals surface area contributed by atoms with Crippen LogP contribution >= 0.6 is 11.6 Å². The Kier molecular flexibility index (Phi) is 2.93. The van der Waals surface area contributed by atoms with Gasteiger partial charge in [0.2, 0.25) is 0 Å². The maximum absolute atomic E-state index is 12.2. The Labute approximate surface area is 114 Å². The van der Waals surface area contributed by atoms with E-state index in [1.165, 1.54) is 0 Å². The van der Waals surface area contributed by atoms with E-state index in [2.05, 4.69) is 15.5 Å². The summed E-state index contributed by atoms with van der Waals surface area (Å²) in [5, 5.41) is 11.0. The second-order valence-corrected chi connectivity index (χ2v) is 4.52. The molecule has 2 aromatic carbocycles. The molecule has 1 heterocycles. The average Bonchev–Trinajstić information content (AvgIpc) is 2.82. The molecule has 0 unspecified atom stereocenters. The van der Waals surface area contributed by atoms with Crippen LogP contribution in [0.1, 0.15) is 10.5 Å². The summed E-state index contributed by atoms with van der Waals surface area (Å²) in [4.78, 5) is 12.2. The molecular weight excluding hydrogens is 262 g/mol. The lowest BCUT2D eigenvalue weighted by Gasteiger charge is -2.03. The number of benzene rings is 2. The van der Waals surface area contributed by atoms with E-state index in [4.69, 9.17) is 11.6 Å². The number of aromatic amines is 1. The lowest BCUT2D eigenvalue weighted by molar-refractivity contribution is 0.102. The van der Waals surface area contributed by atoms with Gasteiger partial charge in [0, 0.05) is 16.1 Å². The van der Waals surface area contributed by atoms with E-state index in [9.17, 15) is 4.79 Å². The quantitative estimate of drug-likeness (QED) is 0.750. The molecule has 0 saturated carbocycles. The monoisotopic (exact) mass is 271 g/mol. The summed E-state index contributed by atoms with van der Waals surface area (Å²) in [6, 6.07) is 14.5.